The molecule has 2 rings (SSSR count). The molecule has 0 aliphatic carbocycles. The molecule has 2 heterocycles. The standard InChI is InChI=1S/C10H12O9/c1-10(19-7(11)14-2,5-3-15-8(12)17-5)6-4-16-9(13)18-6/h5-6H,3-4H2,1-2H3. The van der Waals surface area contributed by atoms with Crippen LogP contribution in [0.25, 0.3) is 0 Å². The van der Waals surface area contributed by atoms with Crippen LogP contribution >= 0.6 is 0 Å². The highest BCUT2D eigenvalue weighted by atomic mass is 16.8. The summed E-state index contributed by atoms with van der Waals surface area (Å²) >= 11 is 0. The Labute approximate surface area is 107 Å². The minimum Gasteiger partial charge on any atom is -0.438 e. The topological polar surface area (TPSA) is 107 Å². The van der Waals surface area contributed by atoms with Crippen LogP contribution in [0, 0.1) is 0 Å². The molecule has 9 nitrogen and oxygen atoms in total. The Morgan fingerprint density at radius 1 is 1.16 bits per heavy atom. The van der Waals surface area contributed by atoms with Crippen molar-refractivity contribution < 1.29 is 42.8 Å². The molecule has 0 saturated carbocycles. The molecule has 9 heteroatoms. The Hall–Kier alpha value is -2.19. The van der Waals surface area contributed by atoms with Gasteiger partial charge in [0.05, 0.1) is 7.11 Å². The molecular weight excluding hydrogens is 264 g/mol. The van der Waals surface area contributed by atoms with Gasteiger partial charge in [-0.3, -0.25) is 0 Å². The van der Waals surface area contributed by atoms with Gasteiger partial charge in [-0.1, -0.05) is 0 Å². The predicted octanol–water partition coefficient (Wildman–Crippen LogP) is 0.599. The van der Waals surface area contributed by atoms with E-state index in [0.717, 1.165) is 7.11 Å². The van der Waals surface area contributed by atoms with Gasteiger partial charge < -0.3 is 28.4 Å². The van der Waals surface area contributed by atoms with Gasteiger partial charge in [-0.25, -0.2) is 14.4 Å². The zero-order chi connectivity index (χ0) is 14.0. The third-order valence-corrected chi connectivity index (χ3v) is 2.93. The van der Waals surface area contributed by atoms with Gasteiger partial charge in [-0.05, 0) is 6.92 Å². The molecule has 0 aromatic heterocycles. The molecule has 2 saturated heterocycles. The number of hydrogen-bond donors (Lipinski definition) is 0. The van der Waals surface area contributed by atoms with Crippen LogP contribution in [-0.4, -0.2) is 56.6 Å². The summed E-state index contributed by atoms with van der Waals surface area (Å²) < 4.78 is 28.5. The van der Waals surface area contributed by atoms with Crippen LogP contribution in [0.15, 0.2) is 0 Å². The maximum atomic E-state index is 11.3. The van der Waals surface area contributed by atoms with Crippen molar-refractivity contribution in [3.05, 3.63) is 0 Å². The SMILES string of the molecule is COC(=O)OC(C)(C1COC(=O)O1)C1COC(=O)O1. The van der Waals surface area contributed by atoms with Crippen molar-refractivity contribution in [2.24, 2.45) is 0 Å². The van der Waals surface area contributed by atoms with E-state index in [1.807, 2.05) is 0 Å². The maximum absolute atomic E-state index is 11.3. The van der Waals surface area contributed by atoms with Gasteiger partial charge in [0.25, 0.3) is 0 Å². The number of carbonyl (C=O) groups is 3. The first kappa shape index (κ1) is 13.2. The highest BCUT2D eigenvalue weighted by Gasteiger charge is 2.55. The number of carbonyl (C=O) groups excluding carboxylic acids is 3. The van der Waals surface area contributed by atoms with E-state index in [0.29, 0.717) is 0 Å². The summed E-state index contributed by atoms with van der Waals surface area (Å²) in [6, 6.07) is 0. The van der Waals surface area contributed by atoms with Gasteiger partial charge in [0.15, 0.2) is 17.8 Å². The minimum absolute atomic E-state index is 0.139. The Kier molecular flexibility index (Phi) is 3.36. The summed E-state index contributed by atoms with van der Waals surface area (Å²) in [5, 5.41) is 0. The molecule has 19 heavy (non-hydrogen) atoms. The lowest BCUT2D eigenvalue weighted by atomic mass is 9.92. The molecule has 0 N–H and O–H groups in total. The summed E-state index contributed by atoms with van der Waals surface area (Å²) in [4.78, 5) is 33.3. The molecule has 2 aliphatic rings. The van der Waals surface area contributed by atoms with Crippen LogP contribution in [0.1, 0.15) is 6.92 Å². The molecule has 0 amide bonds. The van der Waals surface area contributed by atoms with Crippen molar-refractivity contribution in [1.29, 1.82) is 0 Å². The predicted molar refractivity (Wildman–Crippen MR) is 54.3 cm³/mol. The highest BCUT2D eigenvalue weighted by Crippen LogP contribution is 2.32. The largest absolute Gasteiger partial charge is 0.508 e. The number of ether oxygens (including phenoxy) is 6. The molecule has 0 spiro atoms. The lowest BCUT2D eigenvalue weighted by molar-refractivity contribution is -0.131. The van der Waals surface area contributed by atoms with Crippen LogP contribution in [0.4, 0.5) is 14.4 Å². The van der Waals surface area contributed by atoms with Crippen molar-refractivity contribution in [2.75, 3.05) is 20.3 Å². The molecule has 106 valence electrons. The number of cyclic esters (lactones) is 4. The second kappa shape index (κ2) is 4.82. The fourth-order valence-corrected chi connectivity index (χ4v) is 1.78. The van der Waals surface area contributed by atoms with E-state index in [1.165, 1.54) is 6.92 Å². The zero-order valence-corrected chi connectivity index (χ0v) is 10.2. The van der Waals surface area contributed by atoms with Crippen LogP contribution < -0.4 is 0 Å². The van der Waals surface area contributed by atoms with Gasteiger partial charge in [-0.15, -0.1) is 0 Å². The fourth-order valence-electron chi connectivity index (χ4n) is 1.78. The molecule has 2 aliphatic heterocycles. The lowest BCUT2D eigenvalue weighted by Gasteiger charge is -2.34. The van der Waals surface area contributed by atoms with Crippen LogP contribution in [-0.2, 0) is 28.4 Å². The Morgan fingerprint density at radius 3 is 1.95 bits per heavy atom. The second-order valence-electron chi connectivity index (χ2n) is 4.08. The van der Waals surface area contributed by atoms with E-state index in [-0.39, 0.29) is 13.2 Å². The van der Waals surface area contributed by atoms with E-state index in [4.69, 9.17) is 14.2 Å². The molecule has 2 fully saturated rings. The first-order valence-corrected chi connectivity index (χ1v) is 5.39. The third-order valence-electron chi connectivity index (χ3n) is 2.93. The first-order chi connectivity index (χ1) is 8.95. The second-order valence-corrected chi connectivity index (χ2v) is 4.08. The Balaban J connectivity index is 2.18. The van der Waals surface area contributed by atoms with E-state index in [9.17, 15) is 14.4 Å². The lowest BCUT2D eigenvalue weighted by Crippen LogP contribution is -2.55. The van der Waals surface area contributed by atoms with Crippen LogP contribution in [0.2, 0.25) is 0 Å². The van der Waals surface area contributed by atoms with Crippen molar-refractivity contribution in [1.82, 2.24) is 0 Å². The zero-order valence-electron chi connectivity index (χ0n) is 10.2. The average Bonchev–Trinajstić information content (AvgIpc) is 2.98. The number of methoxy groups -OCH3 is 1. The first-order valence-electron chi connectivity index (χ1n) is 5.39. The average molecular weight is 276 g/mol. The van der Waals surface area contributed by atoms with Gasteiger partial charge in [0.1, 0.15) is 13.2 Å². The molecule has 0 aromatic rings. The smallest absolute Gasteiger partial charge is 0.438 e. The summed E-state index contributed by atoms with van der Waals surface area (Å²) in [7, 11) is 1.12. The van der Waals surface area contributed by atoms with Crippen LogP contribution in [0.5, 0.6) is 0 Å². The summed E-state index contributed by atoms with van der Waals surface area (Å²) in [6.07, 6.45) is -4.66. The fraction of sp³-hybridized carbons (Fsp3) is 0.700. The molecule has 2 atom stereocenters. The summed E-state index contributed by atoms with van der Waals surface area (Å²) in [5.41, 5.74) is -1.47. The van der Waals surface area contributed by atoms with E-state index >= 15 is 0 Å². The Bertz CT molecular complexity index is 378. The van der Waals surface area contributed by atoms with Crippen molar-refractivity contribution in [2.45, 2.75) is 24.7 Å². The van der Waals surface area contributed by atoms with Gasteiger partial charge >= 0.3 is 18.5 Å². The van der Waals surface area contributed by atoms with E-state index in [2.05, 4.69) is 14.2 Å². The minimum atomic E-state index is -1.47. The van der Waals surface area contributed by atoms with Crippen molar-refractivity contribution in [3.63, 3.8) is 0 Å². The number of rotatable bonds is 3. The van der Waals surface area contributed by atoms with Gasteiger partial charge in [-0.2, -0.15) is 0 Å². The molecule has 2 unspecified atom stereocenters. The van der Waals surface area contributed by atoms with E-state index < -0.39 is 36.3 Å². The Morgan fingerprint density at radius 2 is 1.63 bits per heavy atom. The van der Waals surface area contributed by atoms with Crippen LogP contribution in [0.3, 0.4) is 0 Å². The summed E-state index contributed by atoms with van der Waals surface area (Å²) in [6.45, 7) is 1.16. The summed E-state index contributed by atoms with van der Waals surface area (Å²) in [5.74, 6) is 0. The molecule has 0 bridgehead atoms. The third kappa shape index (κ3) is 2.49. The molecule has 0 aromatic carbocycles. The van der Waals surface area contributed by atoms with E-state index in [1.54, 1.807) is 0 Å². The van der Waals surface area contributed by atoms with Gasteiger partial charge in [0, 0.05) is 0 Å². The monoisotopic (exact) mass is 276 g/mol. The molecule has 0 radical (unpaired) electrons. The normalized spacial score (nSPS) is 28.5. The van der Waals surface area contributed by atoms with Gasteiger partial charge in [0.2, 0.25) is 0 Å². The molecular formula is C10H12O9. The number of hydrogen-bond acceptors (Lipinski definition) is 9. The van der Waals surface area contributed by atoms with Crippen molar-refractivity contribution in [3.8, 4) is 0 Å². The highest BCUT2D eigenvalue weighted by molar-refractivity contribution is 5.65. The van der Waals surface area contributed by atoms with Crippen molar-refractivity contribution >= 4 is 18.5 Å². The maximum Gasteiger partial charge on any atom is 0.508 e. The quantitative estimate of drug-likeness (QED) is 0.540.